The van der Waals surface area contributed by atoms with Crippen molar-refractivity contribution < 1.29 is 4.74 Å². The molecule has 1 rings (SSSR count). The van der Waals surface area contributed by atoms with E-state index in [0.29, 0.717) is 6.54 Å². The van der Waals surface area contributed by atoms with Gasteiger partial charge in [-0.2, -0.15) is 0 Å². The Morgan fingerprint density at radius 2 is 2.20 bits per heavy atom. The van der Waals surface area contributed by atoms with Gasteiger partial charge >= 0.3 is 0 Å². The van der Waals surface area contributed by atoms with E-state index in [-0.39, 0.29) is 18.2 Å². The van der Waals surface area contributed by atoms with E-state index in [4.69, 9.17) is 16.2 Å². The molecule has 1 saturated heterocycles. The summed E-state index contributed by atoms with van der Waals surface area (Å²) in [5.74, 6) is 0. The van der Waals surface area contributed by atoms with Crippen LogP contribution in [-0.4, -0.2) is 24.8 Å². The quantitative estimate of drug-likeness (QED) is 0.537. The van der Waals surface area contributed by atoms with Gasteiger partial charge in [0.1, 0.15) is 0 Å². The first-order chi connectivity index (χ1) is 4.74. The van der Waals surface area contributed by atoms with E-state index in [2.05, 4.69) is 0 Å². The van der Waals surface area contributed by atoms with Crippen molar-refractivity contribution in [2.24, 2.45) is 11.5 Å². The highest BCUT2D eigenvalue weighted by atomic mass is 16.5. The van der Waals surface area contributed by atoms with Crippen molar-refractivity contribution in [3.63, 3.8) is 0 Å². The summed E-state index contributed by atoms with van der Waals surface area (Å²) in [5.41, 5.74) is 11.2. The molecule has 0 saturated carbocycles. The summed E-state index contributed by atoms with van der Waals surface area (Å²) in [6.45, 7) is 2.63. The van der Waals surface area contributed by atoms with Gasteiger partial charge in [-0.05, 0) is 19.8 Å². The second-order valence-electron chi connectivity index (χ2n) is 2.94. The van der Waals surface area contributed by atoms with Gasteiger partial charge in [0.25, 0.3) is 0 Å². The standard InChI is InChI=1S/C7H16N2O/c1-5-7(9)3-2-6(4-8)10-5/h5-7H,2-4,8-9H2,1H3/t5-,6?,7?/m1/s1. The Morgan fingerprint density at radius 3 is 2.70 bits per heavy atom. The van der Waals surface area contributed by atoms with Gasteiger partial charge in [-0.25, -0.2) is 0 Å². The first-order valence-electron chi connectivity index (χ1n) is 3.85. The van der Waals surface area contributed by atoms with Gasteiger partial charge in [0.2, 0.25) is 0 Å². The molecule has 10 heavy (non-hydrogen) atoms. The van der Waals surface area contributed by atoms with Crippen molar-refractivity contribution >= 4 is 0 Å². The van der Waals surface area contributed by atoms with Crippen LogP contribution in [-0.2, 0) is 4.74 Å². The monoisotopic (exact) mass is 144 g/mol. The van der Waals surface area contributed by atoms with E-state index in [1.807, 2.05) is 6.92 Å². The number of hydrogen-bond acceptors (Lipinski definition) is 3. The maximum atomic E-state index is 5.73. The van der Waals surface area contributed by atoms with Gasteiger partial charge in [-0.1, -0.05) is 0 Å². The molecule has 0 bridgehead atoms. The Hall–Kier alpha value is -0.120. The van der Waals surface area contributed by atoms with E-state index in [9.17, 15) is 0 Å². The molecule has 1 heterocycles. The van der Waals surface area contributed by atoms with Crippen LogP contribution in [0.2, 0.25) is 0 Å². The van der Waals surface area contributed by atoms with Crippen molar-refractivity contribution in [3.8, 4) is 0 Å². The van der Waals surface area contributed by atoms with Crippen molar-refractivity contribution in [2.45, 2.75) is 38.0 Å². The maximum Gasteiger partial charge on any atom is 0.0702 e. The highest BCUT2D eigenvalue weighted by molar-refractivity contribution is 4.78. The van der Waals surface area contributed by atoms with Gasteiger partial charge in [-0.3, -0.25) is 0 Å². The zero-order valence-electron chi connectivity index (χ0n) is 6.42. The molecule has 1 aliphatic heterocycles. The summed E-state index contributed by atoms with van der Waals surface area (Å²) >= 11 is 0. The molecule has 3 atom stereocenters. The molecule has 0 aromatic carbocycles. The van der Waals surface area contributed by atoms with E-state index in [1.165, 1.54) is 0 Å². The Morgan fingerprint density at radius 1 is 1.50 bits per heavy atom. The predicted molar refractivity (Wildman–Crippen MR) is 40.6 cm³/mol. The molecule has 3 heteroatoms. The molecule has 60 valence electrons. The Balaban J connectivity index is 2.33. The number of ether oxygens (including phenoxy) is 1. The number of hydrogen-bond donors (Lipinski definition) is 2. The van der Waals surface area contributed by atoms with Crippen molar-refractivity contribution in [1.29, 1.82) is 0 Å². The topological polar surface area (TPSA) is 61.3 Å². The minimum Gasteiger partial charge on any atom is -0.372 e. The average Bonchev–Trinajstić information content (AvgIpc) is 1.95. The molecular formula is C7H16N2O. The van der Waals surface area contributed by atoms with E-state index < -0.39 is 0 Å². The van der Waals surface area contributed by atoms with E-state index in [0.717, 1.165) is 12.8 Å². The third-order valence-corrected chi connectivity index (χ3v) is 2.09. The van der Waals surface area contributed by atoms with Crippen molar-refractivity contribution in [2.75, 3.05) is 6.54 Å². The lowest BCUT2D eigenvalue weighted by molar-refractivity contribution is -0.0456. The van der Waals surface area contributed by atoms with Gasteiger partial charge in [0.15, 0.2) is 0 Å². The third kappa shape index (κ3) is 1.68. The van der Waals surface area contributed by atoms with Crippen LogP contribution in [0.25, 0.3) is 0 Å². The van der Waals surface area contributed by atoms with E-state index >= 15 is 0 Å². The van der Waals surface area contributed by atoms with Gasteiger partial charge < -0.3 is 16.2 Å². The van der Waals surface area contributed by atoms with Crippen LogP contribution in [0.1, 0.15) is 19.8 Å². The van der Waals surface area contributed by atoms with Crippen molar-refractivity contribution in [1.82, 2.24) is 0 Å². The number of rotatable bonds is 1. The van der Waals surface area contributed by atoms with Gasteiger partial charge in [0.05, 0.1) is 12.2 Å². The van der Waals surface area contributed by atoms with Crippen LogP contribution >= 0.6 is 0 Å². The summed E-state index contributed by atoms with van der Waals surface area (Å²) < 4.78 is 5.50. The summed E-state index contributed by atoms with van der Waals surface area (Å²) in [7, 11) is 0. The summed E-state index contributed by atoms with van der Waals surface area (Å²) in [6, 6.07) is 0.211. The lowest BCUT2D eigenvalue weighted by Gasteiger charge is -2.31. The fourth-order valence-electron chi connectivity index (χ4n) is 1.26. The Bertz CT molecular complexity index is 108. The lowest BCUT2D eigenvalue weighted by atomic mass is 10.0. The minimum atomic E-state index is 0.183. The largest absolute Gasteiger partial charge is 0.372 e. The van der Waals surface area contributed by atoms with Crippen molar-refractivity contribution in [3.05, 3.63) is 0 Å². The molecule has 0 spiro atoms. The van der Waals surface area contributed by atoms with Gasteiger partial charge in [0, 0.05) is 12.6 Å². The second kappa shape index (κ2) is 3.32. The smallest absolute Gasteiger partial charge is 0.0702 e. The Kier molecular flexibility index (Phi) is 2.65. The summed E-state index contributed by atoms with van der Waals surface area (Å²) in [5, 5.41) is 0. The minimum absolute atomic E-state index is 0.183. The van der Waals surface area contributed by atoms with Crippen LogP contribution in [0.3, 0.4) is 0 Å². The molecule has 0 aliphatic carbocycles. The molecule has 1 fully saturated rings. The Labute approximate surface area is 61.7 Å². The molecule has 0 amide bonds. The fourth-order valence-corrected chi connectivity index (χ4v) is 1.26. The summed E-state index contributed by atoms with van der Waals surface area (Å²) in [4.78, 5) is 0. The molecule has 3 nitrogen and oxygen atoms in total. The lowest BCUT2D eigenvalue weighted by Crippen LogP contribution is -2.44. The van der Waals surface area contributed by atoms with Crippen LogP contribution in [0.15, 0.2) is 0 Å². The molecule has 0 aromatic rings. The summed E-state index contributed by atoms with van der Waals surface area (Å²) in [6.07, 6.45) is 2.49. The molecule has 1 aliphatic rings. The normalized spacial score (nSPS) is 41.7. The SMILES string of the molecule is C[C@H]1OC(CN)CCC1N. The zero-order chi connectivity index (χ0) is 7.56. The van der Waals surface area contributed by atoms with Crippen LogP contribution in [0, 0.1) is 0 Å². The molecule has 2 unspecified atom stereocenters. The van der Waals surface area contributed by atoms with E-state index in [1.54, 1.807) is 0 Å². The highest BCUT2D eigenvalue weighted by Gasteiger charge is 2.23. The molecule has 4 N–H and O–H groups in total. The maximum absolute atomic E-state index is 5.73. The number of nitrogens with two attached hydrogens (primary N) is 2. The van der Waals surface area contributed by atoms with Crippen LogP contribution in [0.4, 0.5) is 0 Å². The van der Waals surface area contributed by atoms with Crippen LogP contribution in [0.5, 0.6) is 0 Å². The molecule has 0 aromatic heterocycles. The third-order valence-electron chi connectivity index (χ3n) is 2.09. The second-order valence-corrected chi connectivity index (χ2v) is 2.94. The fraction of sp³-hybridized carbons (Fsp3) is 1.00. The predicted octanol–water partition coefficient (Wildman–Crippen LogP) is -0.160. The molecule has 0 radical (unpaired) electrons. The first-order valence-corrected chi connectivity index (χ1v) is 3.85. The van der Waals surface area contributed by atoms with Gasteiger partial charge in [-0.15, -0.1) is 0 Å². The average molecular weight is 144 g/mol. The highest BCUT2D eigenvalue weighted by Crippen LogP contribution is 2.16. The van der Waals surface area contributed by atoms with Crippen LogP contribution < -0.4 is 11.5 Å². The first kappa shape index (κ1) is 7.98. The zero-order valence-corrected chi connectivity index (χ0v) is 6.42. The molecular weight excluding hydrogens is 128 g/mol.